The van der Waals surface area contributed by atoms with E-state index in [2.05, 4.69) is 4.98 Å². The predicted octanol–water partition coefficient (Wildman–Crippen LogP) is 3.18. The number of aryl methyl sites for hydroxylation is 1. The molecule has 0 saturated heterocycles. The Morgan fingerprint density at radius 3 is 2.80 bits per heavy atom. The van der Waals surface area contributed by atoms with Crippen molar-refractivity contribution in [2.45, 2.75) is 25.8 Å². The lowest BCUT2D eigenvalue weighted by molar-refractivity contribution is 0.965. The molecule has 5 nitrogen and oxygen atoms in total. The summed E-state index contributed by atoms with van der Waals surface area (Å²) in [6, 6.07) is 8.19. The normalized spacial score (nSPS) is 15.3. The molecule has 0 aliphatic heterocycles. The van der Waals surface area contributed by atoms with Crippen LogP contribution in [0.5, 0.6) is 0 Å². The highest BCUT2D eigenvalue weighted by Gasteiger charge is 2.22. The molecule has 0 unspecified atom stereocenters. The van der Waals surface area contributed by atoms with E-state index in [1.54, 1.807) is 17.0 Å². The Morgan fingerprint density at radius 2 is 2.12 bits per heavy atom. The maximum absolute atomic E-state index is 12.9. The highest BCUT2D eigenvalue weighted by atomic mass is 32.1. The van der Waals surface area contributed by atoms with Crippen molar-refractivity contribution < 1.29 is 0 Å². The lowest BCUT2D eigenvalue weighted by Gasteiger charge is -2.06. The first-order valence-corrected chi connectivity index (χ1v) is 9.07. The number of allylic oxidation sites excluding steroid dienone is 1. The number of aromatic nitrogens is 2. The van der Waals surface area contributed by atoms with Crippen LogP contribution in [0.1, 0.15) is 24.0 Å². The average Bonchev–Trinajstić information content (AvgIpc) is 3.32. The molecule has 0 amide bonds. The van der Waals surface area contributed by atoms with Gasteiger partial charge in [0.2, 0.25) is 0 Å². The van der Waals surface area contributed by atoms with Gasteiger partial charge in [0.05, 0.1) is 23.0 Å². The van der Waals surface area contributed by atoms with Crippen LogP contribution >= 0.6 is 11.3 Å². The van der Waals surface area contributed by atoms with Crippen molar-refractivity contribution in [1.29, 1.82) is 0 Å². The van der Waals surface area contributed by atoms with Gasteiger partial charge in [-0.3, -0.25) is 14.4 Å². The van der Waals surface area contributed by atoms with E-state index in [0.29, 0.717) is 16.3 Å². The van der Waals surface area contributed by atoms with E-state index in [4.69, 9.17) is 10.7 Å². The van der Waals surface area contributed by atoms with E-state index in [9.17, 15) is 4.79 Å². The Hall–Kier alpha value is -2.73. The van der Waals surface area contributed by atoms with Crippen molar-refractivity contribution in [3.8, 4) is 5.69 Å². The average molecular weight is 350 g/mol. The van der Waals surface area contributed by atoms with Crippen molar-refractivity contribution in [2.75, 3.05) is 0 Å². The Balaban J connectivity index is 1.84. The van der Waals surface area contributed by atoms with Gasteiger partial charge in [-0.25, -0.2) is 4.98 Å². The monoisotopic (exact) mass is 350 g/mol. The zero-order valence-corrected chi connectivity index (χ0v) is 14.7. The molecule has 1 aromatic carbocycles. The Kier molecular flexibility index (Phi) is 3.97. The molecule has 3 aromatic rings. The quantitative estimate of drug-likeness (QED) is 0.735. The molecule has 1 aliphatic rings. The van der Waals surface area contributed by atoms with Gasteiger partial charge in [-0.15, -0.1) is 11.3 Å². The second-order valence-electron chi connectivity index (χ2n) is 6.19. The van der Waals surface area contributed by atoms with Gasteiger partial charge in [-0.2, -0.15) is 0 Å². The van der Waals surface area contributed by atoms with Gasteiger partial charge in [-0.1, -0.05) is 17.7 Å². The van der Waals surface area contributed by atoms with Gasteiger partial charge < -0.3 is 5.73 Å². The molecule has 126 valence electrons. The first kappa shape index (κ1) is 15.8. The third-order valence-corrected chi connectivity index (χ3v) is 5.15. The highest BCUT2D eigenvalue weighted by molar-refractivity contribution is 7.17. The zero-order chi connectivity index (χ0) is 17.4. The van der Waals surface area contributed by atoms with E-state index in [1.807, 2.05) is 36.6 Å². The van der Waals surface area contributed by atoms with Crippen LogP contribution in [0.15, 0.2) is 58.0 Å². The van der Waals surface area contributed by atoms with Crippen LogP contribution in [0, 0.1) is 6.92 Å². The second-order valence-corrected chi connectivity index (χ2v) is 7.07. The molecule has 6 heteroatoms. The molecule has 1 aliphatic carbocycles. The van der Waals surface area contributed by atoms with Crippen molar-refractivity contribution in [3.63, 3.8) is 0 Å². The number of thiophene rings is 1. The summed E-state index contributed by atoms with van der Waals surface area (Å²) in [5.74, 6) is 0. The van der Waals surface area contributed by atoms with Crippen LogP contribution in [-0.2, 0) is 0 Å². The fourth-order valence-corrected chi connectivity index (χ4v) is 3.62. The Labute approximate surface area is 149 Å². The number of hydrogen-bond acceptors (Lipinski definition) is 5. The zero-order valence-electron chi connectivity index (χ0n) is 13.8. The fourth-order valence-electron chi connectivity index (χ4n) is 2.67. The molecule has 25 heavy (non-hydrogen) atoms. The molecule has 0 radical (unpaired) electrons. The molecule has 1 fully saturated rings. The molecule has 0 atom stereocenters. The van der Waals surface area contributed by atoms with E-state index in [0.717, 1.165) is 35.4 Å². The Morgan fingerprint density at radius 1 is 1.36 bits per heavy atom. The van der Waals surface area contributed by atoms with Crippen molar-refractivity contribution in [3.05, 3.63) is 69.7 Å². The van der Waals surface area contributed by atoms with Gasteiger partial charge in [0, 0.05) is 10.9 Å². The minimum absolute atomic E-state index is 0.0624. The van der Waals surface area contributed by atoms with Gasteiger partial charge in [0.15, 0.2) is 0 Å². The summed E-state index contributed by atoms with van der Waals surface area (Å²) in [6.45, 7) is 2.02. The fraction of sp³-hybridized carbons (Fsp3) is 0.211. The molecule has 1 saturated carbocycles. The Bertz CT molecular complexity index is 1040. The topological polar surface area (TPSA) is 73.3 Å². The van der Waals surface area contributed by atoms with Gasteiger partial charge in [0.25, 0.3) is 5.56 Å². The van der Waals surface area contributed by atoms with Gasteiger partial charge >= 0.3 is 0 Å². The summed E-state index contributed by atoms with van der Waals surface area (Å²) < 4.78 is 2.21. The molecular formula is C19H18N4OS. The maximum Gasteiger partial charge on any atom is 0.275 e. The predicted molar refractivity (Wildman–Crippen MR) is 103 cm³/mol. The summed E-state index contributed by atoms with van der Waals surface area (Å²) in [4.78, 5) is 22.1. The van der Waals surface area contributed by atoms with E-state index in [-0.39, 0.29) is 5.56 Å². The van der Waals surface area contributed by atoms with Gasteiger partial charge in [-0.05, 0) is 44.2 Å². The summed E-state index contributed by atoms with van der Waals surface area (Å²) in [7, 11) is 0. The van der Waals surface area contributed by atoms with Gasteiger partial charge in [0.1, 0.15) is 11.0 Å². The molecular weight excluding hydrogens is 332 g/mol. The largest absolute Gasteiger partial charge is 0.405 e. The van der Waals surface area contributed by atoms with E-state index < -0.39 is 0 Å². The minimum Gasteiger partial charge on any atom is -0.405 e. The number of nitrogens with two attached hydrogens (primary N) is 1. The smallest absolute Gasteiger partial charge is 0.275 e. The molecule has 0 spiro atoms. The summed E-state index contributed by atoms with van der Waals surface area (Å²) in [5, 5.41) is 1.94. The molecule has 4 rings (SSSR count). The number of hydrogen-bond donors (Lipinski definition) is 1. The molecule has 2 N–H and O–H groups in total. The van der Waals surface area contributed by atoms with Crippen LogP contribution in [0.4, 0.5) is 0 Å². The van der Waals surface area contributed by atoms with Crippen molar-refractivity contribution in [2.24, 2.45) is 10.7 Å². The number of fused-ring (bicyclic) bond motifs is 1. The number of aliphatic imine (C=N–C) groups is 1. The van der Waals surface area contributed by atoms with Crippen LogP contribution in [0.25, 0.3) is 15.9 Å². The number of rotatable bonds is 4. The molecule has 0 bridgehead atoms. The number of benzene rings is 1. The van der Waals surface area contributed by atoms with Crippen LogP contribution in [0.3, 0.4) is 0 Å². The van der Waals surface area contributed by atoms with E-state index >= 15 is 0 Å². The highest BCUT2D eigenvalue weighted by Crippen LogP contribution is 2.28. The summed E-state index contributed by atoms with van der Waals surface area (Å²) in [6.07, 6.45) is 7.08. The molecule has 2 aromatic heterocycles. The third kappa shape index (κ3) is 3.00. The van der Waals surface area contributed by atoms with Crippen LogP contribution in [0.2, 0.25) is 0 Å². The van der Waals surface area contributed by atoms with E-state index in [1.165, 1.54) is 17.5 Å². The minimum atomic E-state index is -0.0624. The first-order valence-electron chi connectivity index (χ1n) is 8.19. The lowest BCUT2D eigenvalue weighted by Crippen LogP contribution is -2.18. The van der Waals surface area contributed by atoms with Crippen molar-refractivity contribution >= 4 is 27.3 Å². The summed E-state index contributed by atoms with van der Waals surface area (Å²) >= 11 is 1.40. The van der Waals surface area contributed by atoms with Crippen LogP contribution in [-0.4, -0.2) is 21.3 Å². The maximum atomic E-state index is 12.9. The number of nitrogens with zero attached hydrogens (tertiary/aromatic N) is 3. The SMILES string of the molecule is Cc1ccc(-n2cnc3c(C(C=CN)=NC4CC4)csc3c2=O)cc1. The first-order chi connectivity index (χ1) is 12.2. The van der Waals surface area contributed by atoms with Crippen LogP contribution < -0.4 is 11.3 Å². The summed E-state index contributed by atoms with van der Waals surface area (Å²) in [5.41, 5.74) is 9.85. The lowest BCUT2D eigenvalue weighted by atomic mass is 10.1. The second kappa shape index (κ2) is 6.29. The standard InChI is InChI=1S/C19H18N4OS/c1-12-2-6-14(7-3-12)23-11-21-17-15(10-25-18(17)19(23)24)16(8-9-20)22-13-4-5-13/h2-3,6-11,13H,4-5,20H2,1H3. The third-order valence-electron chi connectivity index (χ3n) is 4.19. The van der Waals surface area contributed by atoms with Crippen molar-refractivity contribution in [1.82, 2.24) is 9.55 Å². The molecule has 2 heterocycles.